The average Bonchev–Trinajstić information content (AvgIpc) is 2.39. The molecule has 0 saturated heterocycles. The highest BCUT2D eigenvalue weighted by atomic mass is 79.9. The molecule has 4 heteroatoms. The summed E-state index contributed by atoms with van der Waals surface area (Å²) in [5, 5.41) is 3.40. The molecule has 0 radical (unpaired) electrons. The molecular weight excluding hydrogens is 318 g/mol. The molecule has 0 aliphatic heterocycles. The fourth-order valence-corrected chi connectivity index (χ4v) is 2.30. The Hall–Kier alpha value is -1.00. The van der Waals surface area contributed by atoms with Crippen LogP contribution < -0.4 is 14.8 Å². The molecule has 0 bridgehead atoms. The number of hydrogen-bond donors (Lipinski definition) is 1. The lowest BCUT2D eigenvalue weighted by molar-refractivity contribution is 0.279. The Kier molecular flexibility index (Phi) is 7.70. The van der Waals surface area contributed by atoms with Crippen LogP contribution in [0.5, 0.6) is 11.5 Å². The summed E-state index contributed by atoms with van der Waals surface area (Å²) in [5.74, 6) is 1.55. The Morgan fingerprint density at radius 3 is 2.70 bits per heavy atom. The van der Waals surface area contributed by atoms with Gasteiger partial charge < -0.3 is 14.8 Å². The topological polar surface area (TPSA) is 30.5 Å². The molecule has 0 aromatic heterocycles. The van der Waals surface area contributed by atoms with Crippen LogP contribution in [0.3, 0.4) is 0 Å². The molecule has 0 amide bonds. The summed E-state index contributed by atoms with van der Waals surface area (Å²) in [4.78, 5) is 0. The molecule has 112 valence electrons. The molecule has 0 unspecified atom stereocenters. The molecule has 1 N–H and O–H groups in total. The largest absolute Gasteiger partial charge is 0.490 e. The van der Waals surface area contributed by atoms with E-state index in [1.54, 1.807) is 0 Å². The van der Waals surface area contributed by atoms with Crippen molar-refractivity contribution in [1.82, 2.24) is 5.32 Å². The number of benzene rings is 1. The average molecular weight is 342 g/mol. The van der Waals surface area contributed by atoms with Crippen molar-refractivity contribution in [3.63, 3.8) is 0 Å². The lowest BCUT2D eigenvalue weighted by atomic mass is 10.2. The Morgan fingerprint density at radius 1 is 1.35 bits per heavy atom. The SMILES string of the molecule is C=CCCOc1c(Br)cc(CNC(C)C)cc1OCC. The number of hydrogen-bond acceptors (Lipinski definition) is 3. The lowest BCUT2D eigenvalue weighted by Crippen LogP contribution is -2.21. The lowest BCUT2D eigenvalue weighted by Gasteiger charge is -2.16. The van der Waals surface area contributed by atoms with Gasteiger partial charge in [-0.05, 0) is 47.0 Å². The zero-order chi connectivity index (χ0) is 15.0. The first-order chi connectivity index (χ1) is 9.58. The van der Waals surface area contributed by atoms with Gasteiger partial charge >= 0.3 is 0 Å². The smallest absolute Gasteiger partial charge is 0.175 e. The Labute approximate surface area is 130 Å². The molecule has 1 aromatic rings. The van der Waals surface area contributed by atoms with E-state index in [4.69, 9.17) is 9.47 Å². The van der Waals surface area contributed by atoms with Gasteiger partial charge in [-0.2, -0.15) is 0 Å². The van der Waals surface area contributed by atoms with E-state index in [1.165, 1.54) is 5.56 Å². The molecule has 0 aliphatic carbocycles. The number of ether oxygens (including phenoxy) is 2. The highest BCUT2D eigenvalue weighted by molar-refractivity contribution is 9.10. The van der Waals surface area contributed by atoms with Gasteiger partial charge in [-0.25, -0.2) is 0 Å². The van der Waals surface area contributed by atoms with E-state index in [1.807, 2.05) is 19.1 Å². The molecule has 1 aromatic carbocycles. The molecule has 20 heavy (non-hydrogen) atoms. The van der Waals surface area contributed by atoms with E-state index >= 15 is 0 Å². The van der Waals surface area contributed by atoms with E-state index in [-0.39, 0.29) is 0 Å². The summed E-state index contributed by atoms with van der Waals surface area (Å²) >= 11 is 3.57. The third kappa shape index (κ3) is 5.55. The van der Waals surface area contributed by atoms with Gasteiger partial charge in [0.2, 0.25) is 0 Å². The minimum absolute atomic E-state index is 0.452. The van der Waals surface area contributed by atoms with Gasteiger partial charge in [0, 0.05) is 12.6 Å². The molecule has 0 saturated carbocycles. The number of nitrogens with one attached hydrogen (secondary N) is 1. The summed E-state index contributed by atoms with van der Waals surface area (Å²) in [6, 6.07) is 4.56. The normalized spacial score (nSPS) is 10.7. The Balaban J connectivity index is 2.89. The third-order valence-corrected chi connectivity index (χ3v) is 3.24. The van der Waals surface area contributed by atoms with E-state index in [0.717, 1.165) is 28.9 Å². The maximum absolute atomic E-state index is 5.78. The zero-order valence-corrected chi connectivity index (χ0v) is 14.1. The number of rotatable bonds is 9. The molecule has 0 heterocycles. The van der Waals surface area contributed by atoms with Crippen LogP contribution in [0.15, 0.2) is 29.3 Å². The summed E-state index contributed by atoms with van der Waals surface area (Å²) in [6.07, 6.45) is 2.66. The van der Waals surface area contributed by atoms with Crippen LogP contribution in [0.25, 0.3) is 0 Å². The quantitative estimate of drug-likeness (QED) is 0.536. The van der Waals surface area contributed by atoms with Crippen LogP contribution in [0.1, 0.15) is 32.8 Å². The Bertz CT molecular complexity index is 433. The summed E-state index contributed by atoms with van der Waals surface area (Å²) in [6.45, 7) is 12.0. The van der Waals surface area contributed by atoms with Crippen LogP contribution in [0.2, 0.25) is 0 Å². The molecular formula is C16H24BrNO2. The summed E-state index contributed by atoms with van der Waals surface area (Å²) in [5.41, 5.74) is 1.17. The zero-order valence-electron chi connectivity index (χ0n) is 12.5. The highest BCUT2D eigenvalue weighted by Gasteiger charge is 2.12. The van der Waals surface area contributed by atoms with Crippen LogP contribution in [0, 0.1) is 0 Å². The summed E-state index contributed by atoms with van der Waals surface area (Å²) in [7, 11) is 0. The minimum atomic E-state index is 0.452. The van der Waals surface area contributed by atoms with E-state index in [0.29, 0.717) is 19.3 Å². The molecule has 3 nitrogen and oxygen atoms in total. The fraction of sp³-hybridized carbons (Fsp3) is 0.500. The standard InChI is InChI=1S/C16H24BrNO2/c1-5-7-8-20-16-14(17)9-13(11-18-12(3)4)10-15(16)19-6-2/h5,9-10,12,18H,1,6-8,11H2,2-4H3. The number of halogens is 1. The monoisotopic (exact) mass is 341 g/mol. The molecule has 0 fully saturated rings. The van der Waals surface area contributed by atoms with Gasteiger partial charge in [-0.3, -0.25) is 0 Å². The molecule has 0 aliphatic rings. The van der Waals surface area contributed by atoms with Gasteiger partial charge in [-0.1, -0.05) is 19.9 Å². The molecule has 1 rings (SSSR count). The highest BCUT2D eigenvalue weighted by Crippen LogP contribution is 2.37. The maximum atomic E-state index is 5.78. The second kappa shape index (κ2) is 9.03. The van der Waals surface area contributed by atoms with Crippen molar-refractivity contribution in [2.45, 2.75) is 39.8 Å². The van der Waals surface area contributed by atoms with Crippen molar-refractivity contribution < 1.29 is 9.47 Å². The van der Waals surface area contributed by atoms with Crippen LogP contribution in [-0.2, 0) is 6.54 Å². The summed E-state index contributed by atoms with van der Waals surface area (Å²) < 4.78 is 12.4. The third-order valence-electron chi connectivity index (χ3n) is 2.65. The molecule has 0 atom stereocenters. The van der Waals surface area contributed by atoms with E-state index in [2.05, 4.69) is 47.7 Å². The predicted molar refractivity (Wildman–Crippen MR) is 87.6 cm³/mol. The van der Waals surface area contributed by atoms with Crippen molar-refractivity contribution >= 4 is 15.9 Å². The first kappa shape index (κ1) is 17.1. The second-order valence-corrected chi connectivity index (χ2v) is 5.65. The Morgan fingerprint density at radius 2 is 2.10 bits per heavy atom. The van der Waals surface area contributed by atoms with Crippen LogP contribution >= 0.6 is 15.9 Å². The van der Waals surface area contributed by atoms with Crippen LogP contribution in [-0.4, -0.2) is 19.3 Å². The maximum Gasteiger partial charge on any atom is 0.175 e. The molecule has 0 spiro atoms. The second-order valence-electron chi connectivity index (χ2n) is 4.80. The van der Waals surface area contributed by atoms with Crippen molar-refractivity contribution in [2.75, 3.05) is 13.2 Å². The van der Waals surface area contributed by atoms with Gasteiger partial charge in [0.15, 0.2) is 11.5 Å². The van der Waals surface area contributed by atoms with Crippen molar-refractivity contribution in [2.24, 2.45) is 0 Å². The van der Waals surface area contributed by atoms with Crippen LogP contribution in [0.4, 0.5) is 0 Å². The first-order valence-electron chi connectivity index (χ1n) is 7.00. The van der Waals surface area contributed by atoms with Gasteiger partial charge in [0.05, 0.1) is 17.7 Å². The predicted octanol–water partition coefficient (Wildman–Crippen LogP) is 4.30. The fourth-order valence-electron chi connectivity index (χ4n) is 1.69. The van der Waals surface area contributed by atoms with Crippen molar-refractivity contribution in [1.29, 1.82) is 0 Å². The first-order valence-corrected chi connectivity index (χ1v) is 7.80. The van der Waals surface area contributed by atoms with Gasteiger partial charge in [0.1, 0.15) is 0 Å². The van der Waals surface area contributed by atoms with Gasteiger partial charge in [-0.15, -0.1) is 6.58 Å². The van der Waals surface area contributed by atoms with Crippen molar-refractivity contribution in [3.05, 3.63) is 34.8 Å². The van der Waals surface area contributed by atoms with Crippen molar-refractivity contribution in [3.8, 4) is 11.5 Å². The van der Waals surface area contributed by atoms with E-state index in [9.17, 15) is 0 Å². The van der Waals surface area contributed by atoms with Gasteiger partial charge in [0.25, 0.3) is 0 Å². The minimum Gasteiger partial charge on any atom is -0.490 e. The van der Waals surface area contributed by atoms with E-state index < -0.39 is 0 Å².